The maximum absolute atomic E-state index is 5.88. The minimum Gasteiger partial charge on any atom is -0.325 e. The van der Waals surface area contributed by atoms with Crippen LogP contribution < -0.4 is 0 Å². The van der Waals surface area contributed by atoms with Gasteiger partial charge in [-0.25, -0.2) is 0 Å². The number of hydroxylamine groups is 2. The van der Waals surface area contributed by atoms with Crippen molar-refractivity contribution in [3.8, 4) is 0 Å². The molecule has 3 heteroatoms. The molecule has 0 unspecified atom stereocenters. The molecule has 0 atom stereocenters. The van der Waals surface area contributed by atoms with Crippen LogP contribution in [0, 0.1) is 6.42 Å². The SMILES string of the molecule is CCCON1C(C)(C)C[CH-]CC1(C)C.[Y]. The van der Waals surface area contributed by atoms with Crippen LogP contribution >= 0.6 is 0 Å². The Hall–Kier alpha value is 1.02. The molecule has 0 bridgehead atoms. The molecule has 1 fully saturated rings. The summed E-state index contributed by atoms with van der Waals surface area (Å²) in [5.74, 6) is 0. The van der Waals surface area contributed by atoms with Gasteiger partial charge >= 0.3 is 0 Å². The van der Waals surface area contributed by atoms with E-state index < -0.39 is 0 Å². The zero-order valence-corrected chi connectivity index (χ0v) is 13.7. The molecule has 0 amide bonds. The van der Waals surface area contributed by atoms with E-state index in [1.807, 2.05) is 0 Å². The summed E-state index contributed by atoms with van der Waals surface area (Å²) in [6.45, 7) is 12.0. The van der Waals surface area contributed by atoms with E-state index in [1.165, 1.54) is 0 Å². The molecule has 1 radical (unpaired) electrons. The number of hydrogen-bond donors (Lipinski definition) is 0. The molecule has 0 aromatic rings. The molecular formula is C12H24NOY-. The van der Waals surface area contributed by atoms with Crippen LogP contribution in [0.25, 0.3) is 0 Å². The zero-order valence-electron chi connectivity index (χ0n) is 10.8. The van der Waals surface area contributed by atoms with Crippen LogP contribution in [0.5, 0.6) is 0 Å². The average molecular weight is 287 g/mol. The van der Waals surface area contributed by atoms with Gasteiger partial charge in [-0.1, -0.05) is 6.92 Å². The van der Waals surface area contributed by atoms with Crippen molar-refractivity contribution in [3.63, 3.8) is 0 Å². The Morgan fingerprint density at radius 3 is 2.00 bits per heavy atom. The Morgan fingerprint density at radius 2 is 1.60 bits per heavy atom. The van der Waals surface area contributed by atoms with Crippen molar-refractivity contribution in [2.75, 3.05) is 6.61 Å². The summed E-state index contributed by atoms with van der Waals surface area (Å²) in [5, 5.41) is 2.20. The molecule has 1 aliphatic rings. The molecule has 1 heterocycles. The molecule has 0 N–H and O–H groups in total. The Bertz CT molecular complexity index is 176. The number of piperidine rings is 1. The first kappa shape index (κ1) is 16.0. The Morgan fingerprint density at radius 1 is 1.13 bits per heavy atom. The van der Waals surface area contributed by atoms with Crippen molar-refractivity contribution in [1.82, 2.24) is 5.06 Å². The molecule has 1 aliphatic heterocycles. The van der Waals surface area contributed by atoms with Gasteiger partial charge in [0.05, 0.1) is 6.61 Å². The van der Waals surface area contributed by atoms with Gasteiger partial charge in [0.1, 0.15) is 0 Å². The Labute approximate surface area is 120 Å². The third kappa shape index (κ3) is 4.07. The number of nitrogens with zero attached hydrogens (tertiary/aromatic N) is 1. The Kier molecular flexibility index (Phi) is 6.51. The molecule has 1 saturated heterocycles. The summed E-state index contributed by atoms with van der Waals surface area (Å²) >= 11 is 0. The summed E-state index contributed by atoms with van der Waals surface area (Å²) in [7, 11) is 0. The van der Waals surface area contributed by atoms with Crippen LogP contribution in [0.4, 0.5) is 0 Å². The maximum Gasteiger partial charge on any atom is 0.0682 e. The largest absolute Gasteiger partial charge is 0.325 e. The second-order valence-electron chi connectivity index (χ2n) is 5.45. The molecule has 0 aromatic carbocycles. The van der Waals surface area contributed by atoms with E-state index in [1.54, 1.807) is 0 Å². The van der Waals surface area contributed by atoms with E-state index in [0.29, 0.717) is 0 Å². The van der Waals surface area contributed by atoms with Crippen LogP contribution in [0.3, 0.4) is 0 Å². The second kappa shape index (κ2) is 6.09. The van der Waals surface area contributed by atoms with Gasteiger partial charge in [0.15, 0.2) is 0 Å². The minimum atomic E-state index is 0. The molecule has 0 aliphatic carbocycles. The van der Waals surface area contributed by atoms with E-state index in [9.17, 15) is 0 Å². The summed E-state index contributed by atoms with van der Waals surface area (Å²) in [4.78, 5) is 5.88. The molecule has 87 valence electrons. The monoisotopic (exact) mass is 287 g/mol. The van der Waals surface area contributed by atoms with E-state index >= 15 is 0 Å². The molecule has 0 saturated carbocycles. The van der Waals surface area contributed by atoms with Crippen molar-refractivity contribution in [1.29, 1.82) is 0 Å². The molecule has 2 nitrogen and oxygen atoms in total. The average Bonchev–Trinajstić information content (AvgIpc) is 2.01. The first-order valence-electron chi connectivity index (χ1n) is 5.65. The third-order valence-electron chi connectivity index (χ3n) is 2.81. The predicted molar refractivity (Wildman–Crippen MR) is 59.8 cm³/mol. The third-order valence-corrected chi connectivity index (χ3v) is 2.81. The van der Waals surface area contributed by atoms with Gasteiger partial charge in [0.25, 0.3) is 0 Å². The van der Waals surface area contributed by atoms with Crippen molar-refractivity contribution in [2.45, 2.75) is 65.0 Å². The normalized spacial score (nSPS) is 24.6. The number of rotatable bonds is 3. The smallest absolute Gasteiger partial charge is 0.0682 e. The van der Waals surface area contributed by atoms with Crippen molar-refractivity contribution in [3.05, 3.63) is 6.42 Å². The number of hydrogen-bond acceptors (Lipinski definition) is 2. The fraction of sp³-hybridized carbons (Fsp3) is 0.917. The molecule has 15 heavy (non-hydrogen) atoms. The van der Waals surface area contributed by atoms with Gasteiger partial charge in [-0.15, -0.1) is 0 Å². The van der Waals surface area contributed by atoms with Crippen LogP contribution in [-0.2, 0) is 37.5 Å². The summed E-state index contributed by atoms with van der Waals surface area (Å²) in [6.07, 6.45) is 5.68. The van der Waals surface area contributed by atoms with E-state index in [0.717, 1.165) is 25.9 Å². The van der Waals surface area contributed by atoms with Gasteiger partial charge in [-0.2, -0.15) is 17.9 Å². The predicted octanol–water partition coefficient (Wildman–Crippen LogP) is 3.18. The first-order chi connectivity index (χ1) is 6.40. The quantitative estimate of drug-likeness (QED) is 0.739. The Balaban J connectivity index is 0.00000196. The van der Waals surface area contributed by atoms with Gasteiger partial charge < -0.3 is 6.42 Å². The van der Waals surface area contributed by atoms with Crippen LogP contribution in [0.15, 0.2) is 0 Å². The van der Waals surface area contributed by atoms with Crippen LogP contribution in [-0.4, -0.2) is 22.7 Å². The van der Waals surface area contributed by atoms with Gasteiger partial charge in [-0.05, 0) is 34.1 Å². The molecule has 0 aromatic heterocycles. The van der Waals surface area contributed by atoms with Crippen molar-refractivity contribution in [2.24, 2.45) is 0 Å². The van der Waals surface area contributed by atoms with E-state index in [-0.39, 0.29) is 43.8 Å². The van der Waals surface area contributed by atoms with E-state index in [2.05, 4.69) is 46.1 Å². The molecule has 1 rings (SSSR count). The summed E-state index contributed by atoms with van der Waals surface area (Å²) in [5.41, 5.74) is 0.272. The fourth-order valence-electron chi connectivity index (χ4n) is 2.30. The summed E-state index contributed by atoms with van der Waals surface area (Å²) in [6, 6.07) is 0. The van der Waals surface area contributed by atoms with Gasteiger partial charge in [0, 0.05) is 43.8 Å². The van der Waals surface area contributed by atoms with Crippen molar-refractivity contribution < 1.29 is 37.5 Å². The van der Waals surface area contributed by atoms with Crippen molar-refractivity contribution >= 4 is 0 Å². The van der Waals surface area contributed by atoms with Crippen LogP contribution in [0.1, 0.15) is 53.9 Å². The fourth-order valence-corrected chi connectivity index (χ4v) is 2.30. The van der Waals surface area contributed by atoms with Gasteiger partial charge in [0.2, 0.25) is 0 Å². The van der Waals surface area contributed by atoms with E-state index in [4.69, 9.17) is 4.84 Å². The first-order valence-corrected chi connectivity index (χ1v) is 5.65. The summed E-state index contributed by atoms with van der Waals surface area (Å²) < 4.78 is 0. The minimum absolute atomic E-state index is 0. The zero-order chi connectivity index (χ0) is 10.8. The molecule has 0 spiro atoms. The standard InChI is InChI=1S/C12H24NO.Y/c1-6-10-14-13-11(2,3)8-7-9-12(13,4)5;/h7H,6,8-10H2,1-5H3;/q-1;. The molecular weight excluding hydrogens is 263 g/mol. The van der Waals surface area contributed by atoms with Crippen LogP contribution in [0.2, 0.25) is 0 Å². The topological polar surface area (TPSA) is 12.5 Å². The van der Waals surface area contributed by atoms with Gasteiger partial charge in [-0.3, -0.25) is 4.84 Å². The maximum atomic E-state index is 5.88. The second-order valence-corrected chi connectivity index (χ2v) is 5.45.